The molecule has 1 aromatic rings. The molecule has 3 heterocycles. The highest BCUT2D eigenvalue weighted by Gasteiger charge is 2.67. The van der Waals surface area contributed by atoms with E-state index in [0.29, 0.717) is 5.69 Å². The summed E-state index contributed by atoms with van der Waals surface area (Å²) in [4.78, 5) is 26.6. The first-order valence-corrected chi connectivity index (χ1v) is 6.98. The molecule has 22 heavy (non-hydrogen) atoms. The fourth-order valence-corrected chi connectivity index (χ4v) is 3.68. The molecule has 4 atom stereocenters. The van der Waals surface area contributed by atoms with E-state index in [2.05, 4.69) is 0 Å². The molecule has 0 radical (unpaired) electrons. The zero-order chi connectivity index (χ0) is 15.5. The maximum Gasteiger partial charge on any atom is 0.241 e. The van der Waals surface area contributed by atoms with Gasteiger partial charge in [-0.1, -0.05) is 24.3 Å². The Morgan fingerprint density at radius 2 is 2.09 bits per heavy atom. The number of nitriles is 1. The topological polar surface area (TPSA) is 90.6 Å². The van der Waals surface area contributed by atoms with Gasteiger partial charge in [-0.05, 0) is 12.1 Å². The monoisotopic (exact) mass is 296 g/mol. The molecule has 1 aromatic carbocycles. The van der Waals surface area contributed by atoms with Crippen molar-refractivity contribution in [3.8, 4) is 6.07 Å². The van der Waals surface area contributed by atoms with Crippen LogP contribution in [0.5, 0.6) is 0 Å². The van der Waals surface area contributed by atoms with Gasteiger partial charge in [0.1, 0.15) is 11.7 Å². The van der Waals surface area contributed by atoms with Gasteiger partial charge in [0.05, 0.1) is 35.8 Å². The van der Waals surface area contributed by atoms with Gasteiger partial charge >= 0.3 is 0 Å². The van der Waals surface area contributed by atoms with E-state index in [1.54, 1.807) is 36.4 Å². The van der Waals surface area contributed by atoms with Crippen molar-refractivity contribution >= 4 is 17.5 Å². The van der Waals surface area contributed by atoms with Crippen LogP contribution in [-0.4, -0.2) is 35.2 Å². The van der Waals surface area contributed by atoms with Crippen molar-refractivity contribution in [1.29, 1.82) is 5.26 Å². The zero-order valence-corrected chi connectivity index (χ0v) is 11.5. The number of rotatable bonds is 2. The molecule has 2 amide bonds. The second-order valence-electron chi connectivity index (χ2n) is 5.70. The molecule has 6 nitrogen and oxygen atoms in total. The average molecular weight is 296 g/mol. The fraction of sp³-hybridized carbons (Fsp3) is 0.312. The van der Waals surface area contributed by atoms with E-state index in [1.165, 1.54) is 0 Å². The number of para-hydroxylation sites is 1. The molecule has 0 unspecified atom stereocenters. The third kappa shape index (κ3) is 1.39. The Morgan fingerprint density at radius 3 is 2.82 bits per heavy atom. The number of hydrogen-bond donors (Lipinski definition) is 1. The summed E-state index contributed by atoms with van der Waals surface area (Å²) in [6.07, 6.45) is 2.90. The number of anilines is 1. The molecule has 3 aliphatic rings. The predicted molar refractivity (Wildman–Crippen MR) is 74.5 cm³/mol. The lowest BCUT2D eigenvalue weighted by molar-refractivity contribution is -0.128. The zero-order valence-electron chi connectivity index (χ0n) is 11.5. The Hall–Kier alpha value is -2.49. The Labute approximate surface area is 126 Å². The Kier molecular flexibility index (Phi) is 2.55. The van der Waals surface area contributed by atoms with Gasteiger partial charge < -0.3 is 9.84 Å². The van der Waals surface area contributed by atoms with E-state index >= 15 is 0 Å². The molecule has 6 heteroatoms. The number of amides is 2. The lowest BCUT2D eigenvalue weighted by Crippen LogP contribution is -2.43. The summed E-state index contributed by atoms with van der Waals surface area (Å²) in [5.74, 6) is -2.15. The van der Waals surface area contributed by atoms with Crippen LogP contribution in [0, 0.1) is 23.2 Å². The number of imide groups is 1. The number of benzene rings is 1. The number of aliphatic hydroxyl groups is 1. The minimum absolute atomic E-state index is 0.267. The van der Waals surface area contributed by atoms with Crippen molar-refractivity contribution < 1.29 is 19.4 Å². The van der Waals surface area contributed by atoms with Gasteiger partial charge in [0.2, 0.25) is 11.8 Å². The predicted octanol–water partition coefficient (Wildman–Crippen LogP) is 0.364. The van der Waals surface area contributed by atoms with Crippen LogP contribution in [0.3, 0.4) is 0 Å². The standard InChI is InChI=1S/C16H12N2O4/c17-7-9-3-1-2-4-10(9)18-14(20)12-11-5-6-16(8-19,22-11)13(12)15(18)21/h1-6,11-13,19H,8H2/t11-,12-,13+,16-/m1/s1. The Morgan fingerprint density at radius 1 is 1.32 bits per heavy atom. The lowest BCUT2D eigenvalue weighted by atomic mass is 9.77. The molecular formula is C16H12N2O4. The van der Waals surface area contributed by atoms with Crippen LogP contribution in [0.1, 0.15) is 5.56 Å². The van der Waals surface area contributed by atoms with Crippen LogP contribution in [0.4, 0.5) is 5.69 Å². The van der Waals surface area contributed by atoms with E-state index in [1.807, 2.05) is 6.07 Å². The number of aliphatic hydroxyl groups excluding tert-OH is 1. The van der Waals surface area contributed by atoms with E-state index in [0.717, 1.165) is 4.90 Å². The second-order valence-corrected chi connectivity index (χ2v) is 5.70. The van der Waals surface area contributed by atoms with Crippen LogP contribution >= 0.6 is 0 Å². The lowest BCUT2D eigenvalue weighted by Gasteiger charge is -2.26. The van der Waals surface area contributed by atoms with Crippen molar-refractivity contribution in [3.05, 3.63) is 42.0 Å². The molecule has 2 fully saturated rings. The van der Waals surface area contributed by atoms with E-state index in [4.69, 9.17) is 4.74 Å². The largest absolute Gasteiger partial charge is 0.393 e. The molecular weight excluding hydrogens is 284 g/mol. The van der Waals surface area contributed by atoms with Crippen molar-refractivity contribution in [3.63, 3.8) is 0 Å². The first kappa shape index (κ1) is 13.2. The van der Waals surface area contributed by atoms with Crippen molar-refractivity contribution in [2.45, 2.75) is 11.7 Å². The summed E-state index contributed by atoms with van der Waals surface area (Å²) < 4.78 is 5.66. The number of nitrogens with zero attached hydrogens (tertiary/aromatic N) is 2. The van der Waals surface area contributed by atoms with Gasteiger partial charge in [0.15, 0.2) is 0 Å². The summed E-state index contributed by atoms with van der Waals surface area (Å²) in [6.45, 7) is -0.353. The number of ether oxygens (including phenoxy) is 1. The molecule has 0 spiro atoms. The number of carbonyl (C=O) groups is 2. The van der Waals surface area contributed by atoms with Gasteiger partial charge in [-0.25, -0.2) is 4.90 Å². The molecule has 3 aliphatic heterocycles. The quantitative estimate of drug-likeness (QED) is 0.628. The van der Waals surface area contributed by atoms with Gasteiger partial charge in [0.25, 0.3) is 0 Å². The summed E-state index contributed by atoms with van der Waals surface area (Å²) in [6, 6.07) is 8.50. The molecule has 4 rings (SSSR count). The maximum atomic E-state index is 12.8. The maximum absolute atomic E-state index is 12.8. The molecule has 0 aliphatic carbocycles. The van der Waals surface area contributed by atoms with Crippen LogP contribution in [0.15, 0.2) is 36.4 Å². The van der Waals surface area contributed by atoms with Gasteiger partial charge in [-0.2, -0.15) is 5.26 Å². The van der Waals surface area contributed by atoms with Crippen molar-refractivity contribution in [2.24, 2.45) is 11.8 Å². The third-order valence-electron chi connectivity index (χ3n) is 4.67. The summed E-state index contributed by atoms with van der Waals surface area (Å²) in [7, 11) is 0. The summed E-state index contributed by atoms with van der Waals surface area (Å²) in [5.41, 5.74) is -0.552. The van der Waals surface area contributed by atoms with Gasteiger partial charge in [0, 0.05) is 0 Å². The highest BCUT2D eigenvalue weighted by atomic mass is 16.5. The third-order valence-corrected chi connectivity index (χ3v) is 4.67. The normalized spacial score (nSPS) is 35.1. The van der Waals surface area contributed by atoms with E-state index in [-0.39, 0.29) is 18.1 Å². The molecule has 110 valence electrons. The second kappa shape index (κ2) is 4.26. The van der Waals surface area contributed by atoms with Crippen molar-refractivity contribution in [2.75, 3.05) is 11.5 Å². The molecule has 1 N–H and O–H groups in total. The van der Waals surface area contributed by atoms with Crippen LogP contribution in [0.2, 0.25) is 0 Å². The fourth-order valence-electron chi connectivity index (χ4n) is 3.68. The Balaban J connectivity index is 1.82. The molecule has 2 saturated heterocycles. The van der Waals surface area contributed by atoms with E-state index in [9.17, 15) is 20.0 Å². The summed E-state index contributed by atoms with van der Waals surface area (Å²) in [5, 5.41) is 18.8. The first-order valence-electron chi connectivity index (χ1n) is 6.98. The minimum atomic E-state index is -1.11. The number of carbonyl (C=O) groups excluding carboxylic acids is 2. The Bertz CT molecular complexity index is 766. The minimum Gasteiger partial charge on any atom is -0.393 e. The SMILES string of the molecule is N#Cc1ccccc1N1C(=O)[C@H]2[C@@H](C1=O)[C@]1(CO)C=C[C@H]2O1. The summed E-state index contributed by atoms with van der Waals surface area (Å²) >= 11 is 0. The highest BCUT2D eigenvalue weighted by molar-refractivity contribution is 6.23. The number of fused-ring (bicyclic) bond motifs is 5. The van der Waals surface area contributed by atoms with Gasteiger partial charge in [-0.15, -0.1) is 0 Å². The average Bonchev–Trinajstić information content (AvgIpc) is 3.18. The van der Waals surface area contributed by atoms with Crippen LogP contribution < -0.4 is 4.90 Å². The smallest absolute Gasteiger partial charge is 0.241 e. The first-order chi connectivity index (χ1) is 10.6. The highest BCUT2D eigenvalue weighted by Crippen LogP contribution is 2.52. The van der Waals surface area contributed by atoms with Gasteiger partial charge in [-0.3, -0.25) is 9.59 Å². The van der Waals surface area contributed by atoms with Crippen LogP contribution in [-0.2, 0) is 14.3 Å². The molecule has 0 aromatic heterocycles. The van der Waals surface area contributed by atoms with E-state index < -0.39 is 29.4 Å². The number of hydrogen-bond acceptors (Lipinski definition) is 5. The van der Waals surface area contributed by atoms with Crippen LogP contribution in [0.25, 0.3) is 0 Å². The van der Waals surface area contributed by atoms with Crippen molar-refractivity contribution in [1.82, 2.24) is 0 Å². The molecule has 0 saturated carbocycles. The molecule has 2 bridgehead atoms.